The molecule has 2 aromatic rings. The van der Waals surface area contributed by atoms with Crippen molar-refractivity contribution in [3.63, 3.8) is 0 Å². The summed E-state index contributed by atoms with van der Waals surface area (Å²) >= 11 is 0. The Morgan fingerprint density at radius 3 is 2.82 bits per heavy atom. The highest BCUT2D eigenvalue weighted by molar-refractivity contribution is 5.86. The topological polar surface area (TPSA) is 22.0 Å². The van der Waals surface area contributed by atoms with Crippen molar-refractivity contribution in [1.29, 1.82) is 0 Å². The molecule has 0 bridgehead atoms. The lowest BCUT2D eigenvalue weighted by Crippen LogP contribution is -2.16. The van der Waals surface area contributed by atoms with Gasteiger partial charge in [0.2, 0.25) is 0 Å². The van der Waals surface area contributed by atoms with Crippen molar-refractivity contribution in [2.75, 3.05) is 0 Å². The summed E-state index contributed by atoms with van der Waals surface area (Å²) in [7, 11) is 0. The lowest BCUT2D eigenvalue weighted by molar-refractivity contribution is -0.122. The molecule has 0 saturated carbocycles. The Morgan fingerprint density at radius 2 is 2.12 bits per heavy atom. The fourth-order valence-electron chi connectivity index (χ4n) is 2.07. The first kappa shape index (κ1) is 11.9. The van der Waals surface area contributed by atoms with Gasteiger partial charge < -0.3 is 4.57 Å². The molecule has 2 nitrogen and oxygen atoms in total. The van der Waals surface area contributed by atoms with Gasteiger partial charge in [0, 0.05) is 23.0 Å². The summed E-state index contributed by atoms with van der Waals surface area (Å²) in [4.78, 5) is 11.9. The second-order valence-corrected chi connectivity index (χ2v) is 4.73. The van der Waals surface area contributed by atoms with Gasteiger partial charge in [0.25, 0.3) is 0 Å². The number of ketones is 1. The van der Waals surface area contributed by atoms with Gasteiger partial charge in [0.05, 0.1) is 6.54 Å². The summed E-state index contributed by atoms with van der Waals surface area (Å²) in [6.45, 7) is 6.64. The Balaban J connectivity index is 2.31. The lowest BCUT2D eigenvalue weighted by atomic mass is 10.0. The Labute approximate surface area is 102 Å². The maximum Gasteiger partial charge on any atom is 0.155 e. The van der Waals surface area contributed by atoms with Crippen LogP contribution in [0.3, 0.4) is 0 Å². The number of aromatic nitrogens is 1. The number of carbonyl (C=O) groups excluding carboxylic acids is 1. The van der Waals surface area contributed by atoms with Gasteiger partial charge in [-0.3, -0.25) is 4.79 Å². The summed E-state index contributed by atoms with van der Waals surface area (Å²) in [6, 6.07) is 8.31. The minimum atomic E-state index is 0.150. The molecule has 0 aliphatic carbocycles. The molecule has 0 aliphatic heterocycles. The van der Waals surface area contributed by atoms with Crippen LogP contribution in [0.2, 0.25) is 0 Å². The third-order valence-corrected chi connectivity index (χ3v) is 3.52. The molecule has 17 heavy (non-hydrogen) atoms. The second-order valence-electron chi connectivity index (χ2n) is 4.73. The fraction of sp³-hybridized carbons (Fsp3) is 0.400. The fourth-order valence-corrected chi connectivity index (χ4v) is 2.07. The van der Waals surface area contributed by atoms with Crippen LogP contribution in [0.25, 0.3) is 10.9 Å². The second kappa shape index (κ2) is 4.74. The van der Waals surface area contributed by atoms with Gasteiger partial charge in [-0.25, -0.2) is 0 Å². The van der Waals surface area contributed by atoms with Crippen LogP contribution < -0.4 is 0 Å². The van der Waals surface area contributed by atoms with Crippen LogP contribution in [0.1, 0.15) is 25.8 Å². The number of benzene rings is 1. The maximum atomic E-state index is 11.9. The first-order valence-electron chi connectivity index (χ1n) is 6.20. The first-order chi connectivity index (χ1) is 8.13. The van der Waals surface area contributed by atoms with Crippen LogP contribution in [0.4, 0.5) is 0 Å². The molecule has 1 aromatic carbocycles. The van der Waals surface area contributed by atoms with E-state index < -0.39 is 0 Å². The monoisotopic (exact) mass is 229 g/mol. The van der Waals surface area contributed by atoms with E-state index in [0.717, 1.165) is 11.9 Å². The Kier molecular flexibility index (Phi) is 3.32. The Morgan fingerprint density at radius 1 is 1.35 bits per heavy atom. The van der Waals surface area contributed by atoms with E-state index in [9.17, 15) is 4.79 Å². The zero-order valence-electron chi connectivity index (χ0n) is 10.7. The zero-order chi connectivity index (χ0) is 12.4. The molecule has 1 atom stereocenters. The molecule has 0 radical (unpaired) electrons. The van der Waals surface area contributed by atoms with Gasteiger partial charge in [0.15, 0.2) is 5.78 Å². The minimum Gasteiger partial charge on any atom is -0.340 e. The summed E-state index contributed by atoms with van der Waals surface area (Å²) in [5.74, 6) is 0.462. The standard InChI is InChI=1S/C15H19NO/c1-4-11(2)15(17)10-16-9-8-13-12(3)6-5-7-14(13)16/h5-9,11H,4,10H2,1-3H3. The van der Waals surface area contributed by atoms with Crippen LogP contribution in [0.5, 0.6) is 0 Å². The van der Waals surface area contributed by atoms with Crippen LogP contribution in [0, 0.1) is 12.8 Å². The molecule has 0 aliphatic rings. The van der Waals surface area contributed by atoms with Crippen molar-refractivity contribution in [3.05, 3.63) is 36.0 Å². The number of nitrogens with zero attached hydrogens (tertiary/aromatic N) is 1. The first-order valence-corrected chi connectivity index (χ1v) is 6.20. The zero-order valence-corrected chi connectivity index (χ0v) is 10.7. The summed E-state index contributed by atoms with van der Waals surface area (Å²) in [5.41, 5.74) is 2.42. The van der Waals surface area contributed by atoms with E-state index >= 15 is 0 Å². The summed E-state index contributed by atoms with van der Waals surface area (Å²) in [5, 5.41) is 1.24. The van der Waals surface area contributed by atoms with Gasteiger partial charge in [-0.15, -0.1) is 0 Å². The molecule has 0 spiro atoms. The van der Waals surface area contributed by atoms with Crippen molar-refractivity contribution >= 4 is 16.7 Å². The predicted molar refractivity (Wildman–Crippen MR) is 71.1 cm³/mol. The minimum absolute atomic E-state index is 0.150. The molecule has 1 unspecified atom stereocenters. The average Bonchev–Trinajstić information content (AvgIpc) is 2.73. The van der Waals surface area contributed by atoms with E-state index in [4.69, 9.17) is 0 Å². The Bertz CT molecular complexity index is 539. The summed E-state index contributed by atoms with van der Waals surface area (Å²) < 4.78 is 2.05. The van der Waals surface area contributed by atoms with Crippen LogP contribution in [0.15, 0.2) is 30.5 Å². The van der Waals surface area contributed by atoms with E-state index in [-0.39, 0.29) is 5.92 Å². The number of aryl methyl sites for hydroxylation is 1. The average molecular weight is 229 g/mol. The molecular weight excluding hydrogens is 210 g/mol. The highest BCUT2D eigenvalue weighted by Gasteiger charge is 2.12. The molecule has 0 saturated heterocycles. The highest BCUT2D eigenvalue weighted by Crippen LogP contribution is 2.20. The van der Waals surface area contributed by atoms with E-state index in [1.54, 1.807) is 0 Å². The smallest absolute Gasteiger partial charge is 0.155 e. The van der Waals surface area contributed by atoms with Crippen molar-refractivity contribution in [1.82, 2.24) is 4.57 Å². The van der Waals surface area contributed by atoms with Crippen molar-refractivity contribution in [2.24, 2.45) is 5.92 Å². The number of hydrogen-bond acceptors (Lipinski definition) is 1. The van der Waals surface area contributed by atoms with Crippen molar-refractivity contribution < 1.29 is 4.79 Å². The van der Waals surface area contributed by atoms with Crippen LogP contribution >= 0.6 is 0 Å². The van der Waals surface area contributed by atoms with Crippen LogP contribution in [-0.2, 0) is 11.3 Å². The predicted octanol–water partition coefficient (Wildman–Crippen LogP) is 3.56. The quantitative estimate of drug-likeness (QED) is 0.785. The number of Topliss-reactive ketones (excluding diaryl/α,β-unsaturated/α-hetero) is 1. The number of carbonyl (C=O) groups is 1. The molecule has 2 heteroatoms. The van der Waals surface area contributed by atoms with Gasteiger partial charge in [-0.1, -0.05) is 26.0 Å². The van der Waals surface area contributed by atoms with Gasteiger partial charge in [-0.05, 0) is 31.0 Å². The van der Waals surface area contributed by atoms with Crippen LogP contribution in [-0.4, -0.2) is 10.4 Å². The largest absolute Gasteiger partial charge is 0.340 e. The number of hydrogen-bond donors (Lipinski definition) is 0. The molecule has 1 heterocycles. The highest BCUT2D eigenvalue weighted by atomic mass is 16.1. The Hall–Kier alpha value is -1.57. The molecular formula is C15H19NO. The SMILES string of the molecule is CCC(C)C(=O)Cn1ccc2c(C)cccc21. The van der Waals surface area contributed by atoms with Gasteiger partial charge in [0.1, 0.15) is 0 Å². The molecule has 90 valence electrons. The maximum absolute atomic E-state index is 11.9. The number of rotatable bonds is 4. The van der Waals surface area contributed by atoms with E-state index in [1.807, 2.05) is 19.2 Å². The van der Waals surface area contributed by atoms with E-state index in [2.05, 4.69) is 36.6 Å². The van der Waals surface area contributed by atoms with E-state index in [1.165, 1.54) is 10.9 Å². The van der Waals surface area contributed by atoms with Crippen molar-refractivity contribution in [3.8, 4) is 0 Å². The molecule has 0 fully saturated rings. The van der Waals surface area contributed by atoms with Gasteiger partial charge >= 0.3 is 0 Å². The number of fused-ring (bicyclic) bond motifs is 1. The molecule has 1 aromatic heterocycles. The molecule has 0 N–H and O–H groups in total. The molecule has 2 rings (SSSR count). The molecule has 0 amide bonds. The normalized spacial score (nSPS) is 12.9. The summed E-state index contributed by atoms with van der Waals surface area (Å²) in [6.07, 6.45) is 2.93. The lowest BCUT2D eigenvalue weighted by Gasteiger charge is -2.09. The van der Waals surface area contributed by atoms with E-state index in [0.29, 0.717) is 12.3 Å². The third-order valence-electron chi connectivity index (χ3n) is 3.52. The van der Waals surface area contributed by atoms with Crippen molar-refractivity contribution in [2.45, 2.75) is 33.7 Å². The van der Waals surface area contributed by atoms with Gasteiger partial charge in [-0.2, -0.15) is 0 Å². The third kappa shape index (κ3) is 2.26.